The fourth-order valence-electron chi connectivity index (χ4n) is 2.25. The highest BCUT2D eigenvalue weighted by molar-refractivity contribution is 6.04. The molecular formula is C19H16N2O6. The van der Waals surface area contributed by atoms with Crippen LogP contribution in [0.5, 0.6) is 0 Å². The first-order chi connectivity index (χ1) is 13.1. The molecule has 0 spiro atoms. The standard InChI is InChI=1S/C19H16N2O6/c22-17(12-27-19(24)16-8-4-10-26-16)21-15-7-2-1-6-14(15)18(23)20-11-13-5-3-9-25-13/h1-10H,11-12H2,(H,20,23)(H,21,22). The minimum absolute atomic E-state index is 0.000467. The van der Waals surface area contributed by atoms with E-state index >= 15 is 0 Å². The van der Waals surface area contributed by atoms with Gasteiger partial charge in [0, 0.05) is 0 Å². The molecule has 0 bridgehead atoms. The Labute approximate surface area is 154 Å². The van der Waals surface area contributed by atoms with E-state index in [2.05, 4.69) is 10.6 Å². The van der Waals surface area contributed by atoms with E-state index in [0.717, 1.165) is 0 Å². The molecule has 3 rings (SSSR count). The zero-order valence-corrected chi connectivity index (χ0v) is 14.1. The van der Waals surface area contributed by atoms with Crippen LogP contribution in [0.1, 0.15) is 26.7 Å². The molecule has 27 heavy (non-hydrogen) atoms. The molecule has 0 aliphatic heterocycles. The summed E-state index contributed by atoms with van der Waals surface area (Å²) < 4.78 is 14.9. The maximum Gasteiger partial charge on any atom is 0.374 e. The van der Waals surface area contributed by atoms with Gasteiger partial charge in [-0.2, -0.15) is 0 Å². The van der Waals surface area contributed by atoms with Crippen molar-refractivity contribution in [3.8, 4) is 0 Å². The van der Waals surface area contributed by atoms with Crippen molar-refractivity contribution >= 4 is 23.5 Å². The van der Waals surface area contributed by atoms with Gasteiger partial charge in [-0.3, -0.25) is 9.59 Å². The van der Waals surface area contributed by atoms with E-state index in [-0.39, 0.29) is 23.8 Å². The van der Waals surface area contributed by atoms with E-state index in [4.69, 9.17) is 13.6 Å². The molecule has 0 fully saturated rings. The van der Waals surface area contributed by atoms with Gasteiger partial charge in [0.2, 0.25) is 5.76 Å². The SMILES string of the molecule is O=C(COC(=O)c1ccco1)Nc1ccccc1C(=O)NCc1ccco1. The average molecular weight is 368 g/mol. The second-order valence-corrected chi connectivity index (χ2v) is 5.41. The number of hydrogen-bond acceptors (Lipinski definition) is 6. The number of hydrogen-bond donors (Lipinski definition) is 2. The molecule has 0 radical (unpaired) electrons. The van der Waals surface area contributed by atoms with Crippen LogP contribution in [-0.2, 0) is 16.1 Å². The van der Waals surface area contributed by atoms with E-state index in [1.165, 1.54) is 24.7 Å². The van der Waals surface area contributed by atoms with Crippen molar-refractivity contribution in [1.29, 1.82) is 0 Å². The van der Waals surface area contributed by atoms with Crippen molar-refractivity contribution in [2.75, 3.05) is 11.9 Å². The fourth-order valence-corrected chi connectivity index (χ4v) is 2.25. The van der Waals surface area contributed by atoms with Crippen LogP contribution in [0.25, 0.3) is 0 Å². The van der Waals surface area contributed by atoms with Crippen molar-refractivity contribution in [3.05, 3.63) is 78.1 Å². The second-order valence-electron chi connectivity index (χ2n) is 5.41. The number of benzene rings is 1. The quantitative estimate of drug-likeness (QED) is 0.620. The number of nitrogens with one attached hydrogen (secondary N) is 2. The van der Waals surface area contributed by atoms with Gasteiger partial charge in [0.1, 0.15) is 5.76 Å². The second kappa shape index (κ2) is 8.52. The number of ether oxygens (including phenoxy) is 1. The van der Waals surface area contributed by atoms with Crippen LogP contribution in [0, 0.1) is 0 Å². The number of esters is 1. The molecule has 0 saturated carbocycles. The summed E-state index contributed by atoms with van der Waals surface area (Å²) >= 11 is 0. The number of carbonyl (C=O) groups excluding carboxylic acids is 3. The Balaban J connectivity index is 1.57. The Kier molecular flexibility index (Phi) is 5.68. The van der Waals surface area contributed by atoms with Gasteiger partial charge in [0.15, 0.2) is 6.61 Å². The molecule has 0 aliphatic carbocycles. The summed E-state index contributed by atoms with van der Waals surface area (Å²) in [5.41, 5.74) is 0.572. The van der Waals surface area contributed by atoms with E-state index in [1.54, 1.807) is 36.4 Å². The molecule has 2 heterocycles. The first-order valence-corrected chi connectivity index (χ1v) is 8.03. The Bertz CT molecular complexity index is 916. The molecule has 0 unspecified atom stereocenters. The molecule has 2 aromatic heterocycles. The molecule has 0 saturated heterocycles. The third-order valence-electron chi connectivity index (χ3n) is 3.51. The third-order valence-corrected chi connectivity index (χ3v) is 3.51. The number of rotatable bonds is 7. The van der Waals surface area contributed by atoms with Gasteiger partial charge in [0.05, 0.1) is 30.3 Å². The number of amides is 2. The summed E-state index contributed by atoms with van der Waals surface area (Å²) in [5, 5.41) is 5.26. The topological polar surface area (TPSA) is 111 Å². The van der Waals surface area contributed by atoms with Crippen molar-refractivity contribution in [1.82, 2.24) is 5.32 Å². The maximum absolute atomic E-state index is 12.4. The van der Waals surface area contributed by atoms with Crippen LogP contribution in [0.4, 0.5) is 5.69 Å². The van der Waals surface area contributed by atoms with Crippen LogP contribution in [0.15, 0.2) is 69.9 Å². The summed E-state index contributed by atoms with van der Waals surface area (Å²) in [5.74, 6) is -1.11. The van der Waals surface area contributed by atoms with Gasteiger partial charge in [-0.15, -0.1) is 0 Å². The molecular weight excluding hydrogens is 352 g/mol. The molecule has 2 N–H and O–H groups in total. The smallest absolute Gasteiger partial charge is 0.374 e. The molecule has 1 aromatic carbocycles. The molecule has 0 atom stereocenters. The number of carbonyl (C=O) groups is 3. The molecule has 3 aromatic rings. The van der Waals surface area contributed by atoms with E-state index in [1.807, 2.05) is 0 Å². The van der Waals surface area contributed by atoms with E-state index < -0.39 is 18.5 Å². The van der Waals surface area contributed by atoms with Gasteiger partial charge < -0.3 is 24.2 Å². The van der Waals surface area contributed by atoms with Crippen molar-refractivity contribution in [3.63, 3.8) is 0 Å². The lowest BCUT2D eigenvalue weighted by Crippen LogP contribution is -2.26. The van der Waals surface area contributed by atoms with Gasteiger partial charge in [-0.1, -0.05) is 12.1 Å². The van der Waals surface area contributed by atoms with Gasteiger partial charge in [0.25, 0.3) is 11.8 Å². The minimum Gasteiger partial charge on any atom is -0.467 e. The minimum atomic E-state index is -0.750. The summed E-state index contributed by atoms with van der Waals surface area (Å²) in [4.78, 5) is 36.1. The monoisotopic (exact) mass is 368 g/mol. The highest BCUT2D eigenvalue weighted by Gasteiger charge is 2.16. The van der Waals surface area contributed by atoms with Gasteiger partial charge >= 0.3 is 5.97 Å². The molecule has 0 aliphatic rings. The Morgan fingerprint density at radius 2 is 1.70 bits per heavy atom. The molecule has 138 valence electrons. The highest BCUT2D eigenvalue weighted by atomic mass is 16.5. The van der Waals surface area contributed by atoms with E-state index in [0.29, 0.717) is 11.4 Å². The maximum atomic E-state index is 12.4. The summed E-state index contributed by atoms with van der Waals surface area (Å²) in [6, 6.07) is 12.9. The Morgan fingerprint density at radius 3 is 2.44 bits per heavy atom. The fraction of sp³-hybridized carbons (Fsp3) is 0.105. The molecule has 2 amide bonds. The predicted molar refractivity (Wildman–Crippen MR) is 93.9 cm³/mol. The highest BCUT2D eigenvalue weighted by Crippen LogP contribution is 2.15. The third kappa shape index (κ3) is 4.85. The largest absolute Gasteiger partial charge is 0.467 e. The molecule has 8 heteroatoms. The van der Waals surface area contributed by atoms with Crippen LogP contribution in [-0.4, -0.2) is 24.4 Å². The lowest BCUT2D eigenvalue weighted by molar-refractivity contribution is -0.119. The van der Waals surface area contributed by atoms with Crippen LogP contribution in [0.2, 0.25) is 0 Å². The lowest BCUT2D eigenvalue weighted by atomic mass is 10.1. The summed E-state index contributed by atoms with van der Waals surface area (Å²) in [6.07, 6.45) is 2.84. The Hall–Kier alpha value is -3.81. The van der Waals surface area contributed by atoms with Gasteiger partial charge in [-0.05, 0) is 36.4 Å². The van der Waals surface area contributed by atoms with Crippen molar-refractivity contribution in [2.24, 2.45) is 0 Å². The van der Waals surface area contributed by atoms with Crippen molar-refractivity contribution < 1.29 is 28.0 Å². The lowest BCUT2D eigenvalue weighted by Gasteiger charge is -2.11. The zero-order valence-electron chi connectivity index (χ0n) is 14.1. The van der Waals surface area contributed by atoms with Crippen LogP contribution in [0.3, 0.4) is 0 Å². The predicted octanol–water partition coefficient (Wildman–Crippen LogP) is 2.60. The van der Waals surface area contributed by atoms with Crippen molar-refractivity contribution in [2.45, 2.75) is 6.54 Å². The first-order valence-electron chi connectivity index (χ1n) is 8.03. The average Bonchev–Trinajstić information content (AvgIpc) is 3.38. The first kappa shape index (κ1) is 18.0. The normalized spacial score (nSPS) is 10.2. The van der Waals surface area contributed by atoms with Crippen LogP contribution >= 0.6 is 0 Å². The summed E-state index contributed by atoms with van der Waals surface area (Å²) in [6.45, 7) is -0.295. The van der Waals surface area contributed by atoms with Gasteiger partial charge in [-0.25, -0.2) is 4.79 Å². The Morgan fingerprint density at radius 1 is 0.926 bits per heavy atom. The number of furan rings is 2. The zero-order chi connectivity index (χ0) is 19.1. The van der Waals surface area contributed by atoms with Crippen LogP contribution < -0.4 is 10.6 Å². The number of anilines is 1. The summed E-state index contributed by atoms with van der Waals surface area (Å²) in [7, 11) is 0. The molecule has 8 nitrogen and oxygen atoms in total. The number of para-hydroxylation sites is 1. The van der Waals surface area contributed by atoms with E-state index in [9.17, 15) is 14.4 Å².